The predicted octanol–water partition coefficient (Wildman–Crippen LogP) is 4.68. The van der Waals surface area contributed by atoms with E-state index in [1.54, 1.807) is 6.92 Å². The van der Waals surface area contributed by atoms with Crippen LogP contribution in [-0.2, 0) is 14.0 Å². The minimum absolute atomic E-state index is 0.00542. The van der Waals surface area contributed by atoms with Gasteiger partial charge in [-0.2, -0.15) is 0 Å². The van der Waals surface area contributed by atoms with Crippen molar-refractivity contribution in [3.05, 3.63) is 45.8 Å². The van der Waals surface area contributed by atoms with E-state index in [0.29, 0.717) is 9.86 Å². The van der Waals surface area contributed by atoms with Gasteiger partial charge in [0.2, 0.25) is 0 Å². The van der Waals surface area contributed by atoms with Crippen molar-refractivity contribution in [3.63, 3.8) is 0 Å². The van der Waals surface area contributed by atoms with Crippen LogP contribution in [0.25, 0.3) is 22.6 Å². The molecule has 5 nitrogen and oxygen atoms in total. The number of aromatic nitrogens is 2. The summed E-state index contributed by atoms with van der Waals surface area (Å²) in [4.78, 5) is 19.3. The van der Waals surface area contributed by atoms with Gasteiger partial charge in [-0.3, -0.25) is 0 Å². The van der Waals surface area contributed by atoms with E-state index in [1.807, 2.05) is 0 Å². The number of alkyl halides is 4. The number of carbonyl (C=O) groups excluding carboxylic acids is 1. The van der Waals surface area contributed by atoms with Crippen LogP contribution in [0.15, 0.2) is 41.1 Å². The van der Waals surface area contributed by atoms with E-state index in [0.717, 1.165) is 12.1 Å². The number of pyridine rings is 1. The number of carbonyl (C=O) groups is 1. The van der Waals surface area contributed by atoms with Gasteiger partial charge in [0.05, 0.1) is 0 Å². The molecule has 0 spiro atoms. The summed E-state index contributed by atoms with van der Waals surface area (Å²) in [6, 6.07) is 4.45. The molecule has 0 N–H and O–H groups in total. The number of rotatable bonds is 4. The predicted molar refractivity (Wildman–Crippen MR) is 92.9 cm³/mol. The topological polar surface area (TPSA) is 73.1 Å². The van der Waals surface area contributed by atoms with Gasteiger partial charge in [-0.1, -0.05) is 0 Å². The third kappa shape index (κ3) is 3.20. The van der Waals surface area contributed by atoms with E-state index in [4.69, 9.17) is 4.42 Å². The quantitative estimate of drug-likeness (QED) is 0.243. The first kappa shape index (κ1) is 17.6. The Morgan fingerprint density at radius 2 is 2.04 bits per heavy atom. The molecular weight excluding hydrogens is 452 g/mol. The first-order chi connectivity index (χ1) is 11.8. The van der Waals surface area contributed by atoms with Crippen molar-refractivity contribution in [1.82, 2.24) is 9.97 Å². The van der Waals surface area contributed by atoms with Crippen LogP contribution < -0.4 is 0 Å². The molecule has 0 amide bonds. The summed E-state index contributed by atoms with van der Waals surface area (Å²) in [5.74, 6) is 0.00542. The van der Waals surface area contributed by atoms with Gasteiger partial charge in [0.25, 0.3) is 0 Å². The second-order valence-corrected chi connectivity index (χ2v) is 12.1. The fourth-order valence-electron chi connectivity index (χ4n) is 2.28. The molecule has 25 heavy (non-hydrogen) atoms. The summed E-state index contributed by atoms with van der Waals surface area (Å²) in [5.41, 5.74) is -0.346. The normalized spacial score (nSPS) is 15.7. The molecule has 0 aliphatic rings. The zero-order valence-corrected chi connectivity index (χ0v) is 15.0. The Balaban J connectivity index is 2.18. The Bertz CT molecular complexity index is 998. The summed E-state index contributed by atoms with van der Waals surface area (Å²) in [7, 11) is 0. The van der Waals surface area contributed by atoms with E-state index in [2.05, 4.69) is 9.97 Å². The van der Waals surface area contributed by atoms with Gasteiger partial charge in [0, 0.05) is 0 Å². The molecule has 0 bridgehead atoms. The van der Waals surface area contributed by atoms with Crippen molar-refractivity contribution in [3.8, 4) is 11.5 Å². The molecule has 1 aromatic carbocycles. The van der Waals surface area contributed by atoms with E-state index < -0.39 is 30.2 Å². The fraction of sp³-hybridized carbons (Fsp3) is 0.188. The Morgan fingerprint density at radius 1 is 1.28 bits per heavy atom. The molecule has 3 rings (SSSR count). The summed E-state index contributed by atoms with van der Waals surface area (Å²) in [6.45, 7) is 1.64. The Labute approximate surface area is 144 Å². The van der Waals surface area contributed by atoms with E-state index in [-0.39, 0.29) is 25.0 Å². The molecule has 9 heteroatoms. The number of fused-ring (bicyclic) bond motifs is 1. The Kier molecular flexibility index (Phi) is 4.43. The summed E-state index contributed by atoms with van der Waals surface area (Å²) >= 11 is -4.14. The van der Waals surface area contributed by atoms with E-state index in [1.165, 1.54) is 24.5 Å². The molecule has 132 valence electrons. The monoisotopic (exact) mass is 464 g/mol. The number of hydrogen-bond acceptors (Lipinski definition) is 5. The number of oxazole rings is 1. The van der Waals surface area contributed by atoms with Crippen molar-refractivity contribution in [2.75, 3.05) is 4.43 Å². The van der Waals surface area contributed by atoms with Crippen LogP contribution in [0.2, 0.25) is 0 Å². The maximum atomic E-state index is 12.8. The van der Waals surface area contributed by atoms with Crippen LogP contribution in [0.1, 0.15) is 12.5 Å². The van der Waals surface area contributed by atoms with Crippen molar-refractivity contribution in [2.45, 2.75) is 13.1 Å². The number of nitrogens with zero attached hydrogens (tertiary/aromatic N) is 2. The number of benzene rings is 1. The zero-order valence-electron chi connectivity index (χ0n) is 12.9. The first-order valence-corrected chi connectivity index (χ1v) is 11.8. The van der Waals surface area contributed by atoms with Gasteiger partial charge in [-0.15, -0.1) is 0 Å². The average molecular weight is 464 g/mol. The van der Waals surface area contributed by atoms with Crippen molar-refractivity contribution < 1.29 is 25.5 Å². The molecule has 0 saturated heterocycles. The number of hydrogen-bond donors (Lipinski definition) is 0. The van der Waals surface area contributed by atoms with Crippen molar-refractivity contribution >= 4 is 33.8 Å². The van der Waals surface area contributed by atoms with Gasteiger partial charge >= 0.3 is 144 Å². The van der Waals surface area contributed by atoms with E-state index in [9.17, 15) is 21.0 Å². The molecule has 3 aromatic rings. The molecule has 0 aliphatic carbocycles. The molecule has 0 fully saturated rings. The summed E-state index contributed by atoms with van der Waals surface area (Å²) in [6.07, 6.45) is -1.75. The third-order valence-corrected chi connectivity index (χ3v) is 9.52. The molecule has 1 atom stereocenters. The van der Waals surface area contributed by atoms with Crippen LogP contribution in [0.3, 0.4) is 0 Å². The molecule has 0 saturated carbocycles. The van der Waals surface area contributed by atoms with Gasteiger partial charge < -0.3 is 0 Å². The van der Waals surface area contributed by atoms with Gasteiger partial charge in [-0.05, 0) is 0 Å². The fourth-order valence-corrected chi connectivity index (χ4v) is 5.76. The Morgan fingerprint density at radius 3 is 2.68 bits per heavy atom. The second-order valence-electron chi connectivity index (χ2n) is 5.08. The van der Waals surface area contributed by atoms with Crippen LogP contribution >= 0.6 is 18.4 Å². The Hall–Kier alpha value is -2.17. The molecule has 1 unspecified atom stereocenters. The standard InChI is InChI=1S/C16H12F3IN2O3/c1-2-20(24,9-23)12-8-21-6-5-11(12)15-22-13-7-10(16(17,18)19)3-4-14(13)25-15/h3-9H,2H2,1H3. The molecular formula is C16H12F3IN2O3. The van der Waals surface area contributed by atoms with E-state index >= 15 is 0 Å². The van der Waals surface area contributed by atoms with Gasteiger partial charge in [-0.25, -0.2) is 0 Å². The van der Waals surface area contributed by atoms with Gasteiger partial charge in [0.15, 0.2) is 0 Å². The van der Waals surface area contributed by atoms with Gasteiger partial charge in [0.1, 0.15) is 0 Å². The second kappa shape index (κ2) is 6.28. The molecule has 2 heterocycles. The average Bonchev–Trinajstić information content (AvgIpc) is 3.03. The minimum atomic E-state index is -4.49. The molecule has 2 aromatic heterocycles. The molecule has 0 aliphatic heterocycles. The van der Waals surface area contributed by atoms with Crippen LogP contribution in [0.5, 0.6) is 0 Å². The van der Waals surface area contributed by atoms with Crippen molar-refractivity contribution in [2.24, 2.45) is 0 Å². The van der Waals surface area contributed by atoms with Crippen LogP contribution in [0.4, 0.5) is 13.2 Å². The SMILES string of the molecule is CCI(=O)(C=O)c1cnccc1-c1nc2cc(C(F)(F)F)ccc2o1. The summed E-state index contributed by atoms with van der Waals surface area (Å²) in [5, 5.41) is 0. The number of halogens is 4. The molecule has 0 radical (unpaired) electrons. The van der Waals surface area contributed by atoms with Crippen LogP contribution in [-0.4, -0.2) is 18.7 Å². The van der Waals surface area contributed by atoms with Crippen LogP contribution in [0, 0.1) is 3.57 Å². The third-order valence-electron chi connectivity index (χ3n) is 3.60. The zero-order chi connectivity index (χ0) is 18.2. The summed E-state index contributed by atoms with van der Waals surface area (Å²) < 4.78 is 57.6. The maximum absolute atomic E-state index is 12.8. The van der Waals surface area contributed by atoms with Crippen molar-refractivity contribution in [1.29, 1.82) is 0 Å². The first-order valence-electron chi connectivity index (χ1n) is 7.11.